The van der Waals surface area contributed by atoms with E-state index in [0.717, 1.165) is 5.75 Å². The van der Waals surface area contributed by atoms with E-state index in [1.54, 1.807) is 25.0 Å². The second-order valence-corrected chi connectivity index (χ2v) is 5.64. The lowest BCUT2D eigenvalue weighted by molar-refractivity contribution is 0.0939. The molecule has 0 spiro atoms. The van der Waals surface area contributed by atoms with Gasteiger partial charge < -0.3 is 10.6 Å². The largest absolute Gasteiger partial charge is 0.385 e. The van der Waals surface area contributed by atoms with Crippen molar-refractivity contribution in [2.24, 2.45) is 0 Å². The molecule has 19 heavy (non-hydrogen) atoms. The van der Waals surface area contributed by atoms with Crippen molar-refractivity contribution in [2.45, 2.75) is 32.7 Å². The van der Waals surface area contributed by atoms with Gasteiger partial charge in [0.15, 0.2) is 5.69 Å². The highest BCUT2D eigenvalue weighted by Gasteiger charge is 2.17. The maximum atomic E-state index is 12.2. The second kappa shape index (κ2) is 7.33. The predicted octanol–water partition coefficient (Wildman–Crippen LogP) is 2.12. The zero-order chi connectivity index (χ0) is 14.4. The van der Waals surface area contributed by atoms with Crippen molar-refractivity contribution >= 4 is 23.4 Å². The molecule has 0 saturated heterocycles. The number of nitrogens with zero attached hydrogens (tertiary/aromatic N) is 2. The van der Waals surface area contributed by atoms with Gasteiger partial charge in [-0.05, 0) is 13.2 Å². The van der Waals surface area contributed by atoms with Crippen LogP contribution in [0.25, 0.3) is 0 Å². The zero-order valence-electron chi connectivity index (χ0n) is 12.2. The molecule has 106 valence electrons. The third-order valence-electron chi connectivity index (χ3n) is 2.60. The first-order valence-corrected chi connectivity index (χ1v) is 7.73. The highest BCUT2D eigenvalue weighted by Crippen LogP contribution is 2.16. The molecule has 1 aromatic rings. The molecule has 5 nitrogen and oxygen atoms in total. The molecule has 1 heterocycles. The van der Waals surface area contributed by atoms with Gasteiger partial charge in [-0.15, -0.1) is 0 Å². The Kier molecular flexibility index (Phi) is 6.08. The first-order chi connectivity index (χ1) is 8.99. The van der Waals surface area contributed by atoms with Crippen molar-refractivity contribution in [1.29, 1.82) is 0 Å². The lowest BCUT2D eigenvalue weighted by atomic mass is 10.2. The number of hydrogen-bond donors (Lipinski definition) is 2. The van der Waals surface area contributed by atoms with E-state index < -0.39 is 0 Å². The maximum Gasteiger partial charge on any atom is 0.272 e. The average molecular weight is 282 g/mol. The molecule has 1 rings (SSSR count). The molecular formula is C13H22N4OS. The van der Waals surface area contributed by atoms with E-state index in [4.69, 9.17) is 0 Å². The number of hydrogen-bond acceptors (Lipinski definition) is 5. The third kappa shape index (κ3) is 4.38. The Hall–Kier alpha value is -1.30. The topological polar surface area (TPSA) is 66.9 Å². The van der Waals surface area contributed by atoms with Crippen LogP contribution < -0.4 is 10.6 Å². The summed E-state index contributed by atoms with van der Waals surface area (Å²) >= 11 is 1.70. The van der Waals surface area contributed by atoms with Crippen LogP contribution in [0.15, 0.2) is 6.20 Å². The predicted molar refractivity (Wildman–Crippen MR) is 81.0 cm³/mol. The van der Waals surface area contributed by atoms with Crippen LogP contribution in [0, 0.1) is 0 Å². The van der Waals surface area contributed by atoms with Gasteiger partial charge in [-0.25, -0.2) is 9.97 Å². The summed E-state index contributed by atoms with van der Waals surface area (Å²) in [6.45, 7) is 6.00. The summed E-state index contributed by atoms with van der Waals surface area (Å²) in [6, 6.07) is 0.115. The van der Waals surface area contributed by atoms with Gasteiger partial charge in [-0.3, -0.25) is 4.79 Å². The Morgan fingerprint density at radius 1 is 1.42 bits per heavy atom. The van der Waals surface area contributed by atoms with Crippen LogP contribution in [0.2, 0.25) is 0 Å². The van der Waals surface area contributed by atoms with Crippen molar-refractivity contribution < 1.29 is 4.79 Å². The van der Waals surface area contributed by atoms with E-state index in [1.807, 2.05) is 27.0 Å². The minimum absolute atomic E-state index is 0.115. The molecule has 0 radical (unpaired) electrons. The van der Waals surface area contributed by atoms with E-state index >= 15 is 0 Å². The highest BCUT2D eigenvalue weighted by atomic mass is 32.2. The lowest BCUT2D eigenvalue weighted by Gasteiger charge is -2.15. The molecule has 1 unspecified atom stereocenters. The molecule has 2 N–H and O–H groups in total. The van der Waals surface area contributed by atoms with E-state index in [-0.39, 0.29) is 17.9 Å². The molecule has 0 aliphatic carbocycles. The minimum Gasteiger partial charge on any atom is -0.385 e. The molecule has 0 bridgehead atoms. The summed E-state index contributed by atoms with van der Waals surface area (Å²) in [6.07, 6.45) is 3.68. The van der Waals surface area contributed by atoms with Crippen molar-refractivity contribution in [3.63, 3.8) is 0 Å². The van der Waals surface area contributed by atoms with Gasteiger partial charge in [0.05, 0.1) is 11.9 Å². The molecule has 1 aromatic heterocycles. The zero-order valence-corrected chi connectivity index (χ0v) is 13.0. The van der Waals surface area contributed by atoms with Crippen LogP contribution in [0.4, 0.5) is 5.69 Å². The van der Waals surface area contributed by atoms with Crippen molar-refractivity contribution in [1.82, 2.24) is 15.3 Å². The Bertz CT molecular complexity index is 437. The molecular weight excluding hydrogens is 260 g/mol. The molecule has 1 amide bonds. The van der Waals surface area contributed by atoms with Crippen molar-refractivity contribution in [3.05, 3.63) is 17.7 Å². The van der Waals surface area contributed by atoms with Gasteiger partial charge >= 0.3 is 0 Å². The van der Waals surface area contributed by atoms with E-state index in [9.17, 15) is 4.79 Å². The first-order valence-electron chi connectivity index (χ1n) is 6.34. The van der Waals surface area contributed by atoms with Gasteiger partial charge in [0, 0.05) is 24.8 Å². The van der Waals surface area contributed by atoms with Crippen LogP contribution >= 0.6 is 11.8 Å². The summed E-state index contributed by atoms with van der Waals surface area (Å²) in [5.41, 5.74) is 1.06. The number of rotatable bonds is 6. The van der Waals surface area contributed by atoms with Crippen LogP contribution in [0.1, 0.15) is 43.0 Å². The van der Waals surface area contributed by atoms with Gasteiger partial charge in [-0.1, -0.05) is 13.8 Å². The number of carbonyl (C=O) groups excluding carboxylic acids is 1. The summed E-state index contributed by atoms with van der Waals surface area (Å²) in [5, 5.41) is 5.90. The van der Waals surface area contributed by atoms with Gasteiger partial charge in [0.25, 0.3) is 5.91 Å². The lowest BCUT2D eigenvalue weighted by Crippen LogP contribution is -2.35. The van der Waals surface area contributed by atoms with Gasteiger partial charge in [0.1, 0.15) is 5.82 Å². The van der Waals surface area contributed by atoms with Crippen molar-refractivity contribution in [2.75, 3.05) is 24.4 Å². The number of nitrogens with one attached hydrogen (secondary N) is 2. The monoisotopic (exact) mass is 282 g/mol. The van der Waals surface area contributed by atoms with Crippen molar-refractivity contribution in [3.8, 4) is 0 Å². The second-order valence-electron chi connectivity index (χ2n) is 4.73. The maximum absolute atomic E-state index is 12.2. The minimum atomic E-state index is -0.157. The van der Waals surface area contributed by atoms with E-state index in [0.29, 0.717) is 17.2 Å². The fraction of sp³-hybridized carbons (Fsp3) is 0.615. The number of carbonyl (C=O) groups is 1. The van der Waals surface area contributed by atoms with E-state index in [1.165, 1.54) is 0 Å². The number of amides is 1. The number of thioether (sulfide) groups is 1. The summed E-state index contributed by atoms with van der Waals surface area (Å²) in [4.78, 5) is 20.8. The third-order valence-corrected chi connectivity index (χ3v) is 3.44. The number of aromatic nitrogens is 2. The number of anilines is 1. The summed E-state index contributed by atoms with van der Waals surface area (Å²) in [7, 11) is 1.76. The Balaban J connectivity index is 2.96. The molecule has 0 aromatic carbocycles. The molecule has 0 aliphatic heterocycles. The molecule has 0 fully saturated rings. The quantitative estimate of drug-likeness (QED) is 0.836. The standard InChI is InChI=1S/C13H22N4OS/c1-8(2)12-15-6-10(14-4)11(17-12)13(18)16-9(3)7-19-5/h6,8-9,14H,7H2,1-5H3,(H,16,18). The fourth-order valence-corrected chi connectivity index (χ4v) is 2.20. The van der Waals surface area contributed by atoms with Crippen LogP contribution in [0.5, 0.6) is 0 Å². The Morgan fingerprint density at radius 2 is 2.11 bits per heavy atom. The van der Waals surface area contributed by atoms with Crippen LogP contribution in [-0.4, -0.2) is 41.0 Å². The first kappa shape index (κ1) is 15.8. The van der Waals surface area contributed by atoms with E-state index in [2.05, 4.69) is 20.6 Å². The molecule has 0 saturated carbocycles. The normalized spacial score (nSPS) is 12.3. The average Bonchev–Trinajstić information content (AvgIpc) is 2.37. The molecule has 6 heteroatoms. The van der Waals surface area contributed by atoms with Gasteiger partial charge in [0.2, 0.25) is 0 Å². The summed E-state index contributed by atoms with van der Waals surface area (Å²) < 4.78 is 0. The Morgan fingerprint density at radius 3 is 2.63 bits per heavy atom. The smallest absolute Gasteiger partial charge is 0.272 e. The fourth-order valence-electron chi connectivity index (χ4n) is 1.61. The molecule has 1 atom stereocenters. The van der Waals surface area contributed by atoms with Gasteiger partial charge in [-0.2, -0.15) is 11.8 Å². The van der Waals surface area contributed by atoms with Crippen LogP contribution in [-0.2, 0) is 0 Å². The SMILES string of the molecule is CNc1cnc(C(C)C)nc1C(=O)NC(C)CSC. The molecule has 0 aliphatic rings. The Labute approximate surface area is 119 Å². The summed E-state index contributed by atoms with van der Waals surface area (Å²) in [5.74, 6) is 1.60. The highest BCUT2D eigenvalue weighted by molar-refractivity contribution is 7.98. The van der Waals surface area contributed by atoms with Crippen LogP contribution in [0.3, 0.4) is 0 Å².